The second kappa shape index (κ2) is 6.19. The second-order valence-electron chi connectivity index (χ2n) is 6.24. The summed E-state index contributed by atoms with van der Waals surface area (Å²) in [6, 6.07) is 0.388. The lowest BCUT2D eigenvalue weighted by Gasteiger charge is -2.40. The average molecular weight is 239 g/mol. The molecule has 100 valence electrons. The van der Waals surface area contributed by atoms with Crippen LogP contribution < -0.4 is 5.73 Å². The van der Waals surface area contributed by atoms with Gasteiger partial charge in [-0.25, -0.2) is 0 Å². The fourth-order valence-electron chi connectivity index (χ4n) is 3.88. The molecule has 0 saturated heterocycles. The maximum Gasteiger partial charge on any atom is 0.0590 e. The number of hydrogen-bond donors (Lipinski definition) is 1. The van der Waals surface area contributed by atoms with Crippen molar-refractivity contribution in [2.24, 2.45) is 23.5 Å². The minimum atomic E-state index is 0.388. The fourth-order valence-corrected chi connectivity index (χ4v) is 3.88. The third-order valence-corrected chi connectivity index (χ3v) is 4.98. The summed E-state index contributed by atoms with van der Waals surface area (Å²) in [4.78, 5) is 0. The summed E-state index contributed by atoms with van der Waals surface area (Å²) in [5.74, 6) is 2.63. The van der Waals surface area contributed by atoms with Crippen molar-refractivity contribution in [2.45, 2.75) is 70.9 Å². The molecule has 2 nitrogen and oxygen atoms in total. The molecule has 0 aromatic heterocycles. The third-order valence-electron chi connectivity index (χ3n) is 4.98. The van der Waals surface area contributed by atoms with Crippen molar-refractivity contribution >= 4 is 0 Å². The highest BCUT2D eigenvalue weighted by Gasteiger charge is 2.34. The van der Waals surface area contributed by atoms with E-state index in [9.17, 15) is 0 Å². The first-order valence-corrected chi connectivity index (χ1v) is 7.57. The first-order valence-electron chi connectivity index (χ1n) is 7.57. The van der Waals surface area contributed by atoms with Gasteiger partial charge in [0.1, 0.15) is 0 Å². The van der Waals surface area contributed by atoms with Crippen LogP contribution in [0.2, 0.25) is 0 Å². The van der Waals surface area contributed by atoms with Crippen molar-refractivity contribution in [1.82, 2.24) is 0 Å². The third kappa shape index (κ3) is 3.45. The summed E-state index contributed by atoms with van der Waals surface area (Å²) < 4.78 is 5.73. The molecule has 2 aliphatic rings. The Hall–Kier alpha value is -0.0800. The van der Waals surface area contributed by atoms with Crippen LogP contribution in [0.1, 0.15) is 58.8 Å². The number of ether oxygens (including phenoxy) is 1. The minimum absolute atomic E-state index is 0.388. The Kier molecular flexibility index (Phi) is 4.87. The molecule has 2 saturated carbocycles. The number of nitrogens with two attached hydrogens (primary N) is 1. The van der Waals surface area contributed by atoms with Crippen molar-refractivity contribution in [2.75, 3.05) is 6.61 Å². The normalized spacial score (nSPS) is 43.6. The van der Waals surface area contributed by atoms with Gasteiger partial charge < -0.3 is 10.5 Å². The summed E-state index contributed by atoms with van der Waals surface area (Å²) in [5, 5.41) is 0. The fraction of sp³-hybridized carbons (Fsp3) is 1.00. The Bertz CT molecular complexity index is 223. The zero-order valence-corrected chi connectivity index (χ0v) is 11.5. The van der Waals surface area contributed by atoms with E-state index in [0.717, 1.165) is 30.8 Å². The number of rotatable bonds is 3. The Balaban J connectivity index is 1.82. The molecule has 0 bridgehead atoms. The van der Waals surface area contributed by atoms with Gasteiger partial charge in [0, 0.05) is 12.6 Å². The van der Waals surface area contributed by atoms with Crippen LogP contribution in [0, 0.1) is 17.8 Å². The lowest BCUT2D eigenvalue weighted by Crippen LogP contribution is -2.43. The maximum absolute atomic E-state index is 6.39. The predicted molar refractivity (Wildman–Crippen MR) is 71.9 cm³/mol. The van der Waals surface area contributed by atoms with Crippen molar-refractivity contribution in [1.29, 1.82) is 0 Å². The van der Waals surface area contributed by atoms with Crippen LogP contribution in [0.25, 0.3) is 0 Å². The monoisotopic (exact) mass is 239 g/mol. The van der Waals surface area contributed by atoms with Gasteiger partial charge in [0.25, 0.3) is 0 Å². The van der Waals surface area contributed by atoms with Crippen molar-refractivity contribution in [3.8, 4) is 0 Å². The second-order valence-corrected chi connectivity index (χ2v) is 6.24. The zero-order chi connectivity index (χ0) is 12.3. The Morgan fingerprint density at radius 1 is 1.06 bits per heavy atom. The Morgan fingerprint density at radius 2 is 1.76 bits per heavy atom. The topological polar surface area (TPSA) is 35.2 Å². The van der Waals surface area contributed by atoms with E-state index in [-0.39, 0.29) is 0 Å². The van der Waals surface area contributed by atoms with Crippen LogP contribution in [-0.2, 0) is 4.74 Å². The highest BCUT2D eigenvalue weighted by molar-refractivity contribution is 4.88. The molecule has 0 amide bonds. The van der Waals surface area contributed by atoms with Crippen molar-refractivity contribution in [3.63, 3.8) is 0 Å². The summed E-state index contributed by atoms with van der Waals surface area (Å²) >= 11 is 0. The van der Waals surface area contributed by atoms with Crippen LogP contribution in [0.4, 0.5) is 0 Å². The van der Waals surface area contributed by atoms with Gasteiger partial charge in [0.2, 0.25) is 0 Å². The minimum Gasteiger partial charge on any atom is -0.378 e. The van der Waals surface area contributed by atoms with Gasteiger partial charge in [0.15, 0.2) is 0 Å². The molecule has 3 atom stereocenters. The van der Waals surface area contributed by atoms with Gasteiger partial charge in [-0.3, -0.25) is 0 Å². The maximum atomic E-state index is 6.39. The molecule has 0 aromatic rings. The van der Waals surface area contributed by atoms with E-state index in [1.54, 1.807) is 0 Å². The van der Waals surface area contributed by atoms with Crippen molar-refractivity contribution in [3.05, 3.63) is 0 Å². The molecule has 0 heterocycles. The van der Waals surface area contributed by atoms with Crippen LogP contribution >= 0.6 is 0 Å². The first kappa shape index (κ1) is 13.4. The van der Waals surface area contributed by atoms with E-state index >= 15 is 0 Å². The SMILES string of the molecule is CCOC1CCC(C2CCC(C)CC2)C(N)C1. The molecule has 3 unspecified atom stereocenters. The van der Waals surface area contributed by atoms with Crippen LogP contribution in [0.3, 0.4) is 0 Å². The van der Waals surface area contributed by atoms with Crippen LogP contribution in [0.15, 0.2) is 0 Å². The molecule has 2 fully saturated rings. The molecular formula is C15H29NO. The molecule has 2 aliphatic carbocycles. The van der Waals surface area contributed by atoms with Gasteiger partial charge in [-0.15, -0.1) is 0 Å². The predicted octanol–water partition coefficient (Wildman–Crippen LogP) is 3.35. The van der Waals surface area contributed by atoms with E-state index < -0.39 is 0 Å². The lowest BCUT2D eigenvalue weighted by molar-refractivity contribution is 0.00498. The van der Waals surface area contributed by atoms with Crippen LogP contribution in [-0.4, -0.2) is 18.8 Å². The standard InChI is InChI=1S/C15H29NO/c1-3-17-13-8-9-14(15(16)10-13)12-6-4-11(2)5-7-12/h11-15H,3-10,16H2,1-2H3. The molecule has 0 aromatic carbocycles. The van der Waals surface area contributed by atoms with E-state index in [1.807, 2.05) is 0 Å². The van der Waals surface area contributed by atoms with Gasteiger partial charge in [0.05, 0.1) is 6.10 Å². The molecule has 17 heavy (non-hydrogen) atoms. The zero-order valence-electron chi connectivity index (χ0n) is 11.5. The van der Waals surface area contributed by atoms with E-state index in [2.05, 4.69) is 13.8 Å². The van der Waals surface area contributed by atoms with E-state index in [4.69, 9.17) is 10.5 Å². The van der Waals surface area contributed by atoms with Gasteiger partial charge >= 0.3 is 0 Å². The summed E-state index contributed by atoms with van der Waals surface area (Å²) in [6.45, 7) is 5.31. The summed E-state index contributed by atoms with van der Waals surface area (Å²) in [5.41, 5.74) is 6.39. The quantitative estimate of drug-likeness (QED) is 0.819. The Labute approximate surface area is 106 Å². The molecule has 2 rings (SSSR count). The summed E-state index contributed by atoms with van der Waals surface area (Å²) in [6.07, 6.45) is 9.73. The molecule has 0 aliphatic heterocycles. The molecule has 0 spiro atoms. The smallest absolute Gasteiger partial charge is 0.0590 e. The van der Waals surface area contributed by atoms with E-state index in [0.29, 0.717) is 12.1 Å². The van der Waals surface area contributed by atoms with E-state index in [1.165, 1.54) is 38.5 Å². The molecule has 2 N–H and O–H groups in total. The molecule has 0 radical (unpaired) electrons. The highest BCUT2D eigenvalue weighted by Crippen LogP contribution is 2.39. The van der Waals surface area contributed by atoms with Gasteiger partial charge in [-0.1, -0.05) is 19.8 Å². The van der Waals surface area contributed by atoms with Gasteiger partial charge in [-0.05, 0) is 56.8 Å². The van der Waals surface area contributed by atoms with Crippen molar-refractivity contribution < 1.29 is 4.74 Å². The molecule has 2 heteroatoms. The van der Waals surface area contributed by atoms with Gasteiger partial charge in [-0.2, -0.15) is 0 Å². The largest absolute Gasteiger partial charge is 0.378 e. The molecular weight excluding hydrogens is 210 g/mol. The lowest BCUT2D eigenvalue weighted by atomic mass is 9.69. The highest BCUT2D eigenvalue weighted by atomic mass is 16.5. The summed E-state index contributed by atoms with van der Waals surface area (Å²) in [7, 11) is 0. The first-order chi connectivity index (χ1) is 8.20. The number of hydrogen-bond acceptors (Lipinski definition) is 2. The Morgan fingerprint density at radius 3 is 2.35 bits per heavy atom. The average Bonchev–Trinajstić information content (AvgIpc) is 2.31. The van der Waals surface area contributed by atoms with Crippen LogP contribution in [0.5, 0.6) is 0 Å².